The van der Waals surface area contributed by atoms with Crippen LogP contribution in [-0.4, -0.2) is 19.1 Å². The van der Waals surface area contributed by atoms with E-state index in [0.29, 0.717) is 27.6 Å². The molecule has 0 aliphatic rings. The van der Waals surface area contributed by atoms with E-state index in [1.807, 2.05) is 13.8 Å². The summed E-state index contributed by atoms with van der Waals surface area (Å²) in [5, 5.41) is 3.66. The fraction of sp³-hybridized carbons (Fsp3) is 0.200. The molecule has 0 saturated heterocycles. The molecule has 3 rings (SSSR count). The molecule has 1 heterocycles. The topological polar surface area (TPSA) is 77.8 Å². The third-order valence-corrected chi connectivity index (χ3v) is 3.98. The minimum absolute atomic E-state index is 0.0315. The van der Waals surface area contributed by atoms with Crippen molar-refractivity contribution in [2.24, 2.45) is 0 Å². The number of hydrogen-bond donors (Lipinski definition) is 1. The Morgan fingerprint density at radius 1 is 1.15 bits per heavy atom. The molecule has 2 aromatic carbocycles. The van der Waals surface area contributed by atoms with Crippen LogP contribution in [0.3, 0.4) is 0 Å². The maximum absolute atomic E-state index is 12.8. The summed E-state index contributed by atoms with van der Waals surface area (Å²) in [4.78, 5) is 24.7. The highest BCUT2D eigenvalue weighted by molar-refractivity contribution is 6.31. The van der Waals surface area contributed by atoms with Gasteiger partial charge in [0.1, 0.15) is 17.1 Å². The van der Waals surface area contributed by atoms with Crippen molar-refractivity contribution >= 4 is 34.2 Å². The van der Waals surface area contributed by atoms with E-state index in [9.17, 15) is 9.59 Å². The zero-order valence-corrected chi connectivity index (χ0v) is 15.8. The standard InChI is InChI=1S/C20H18ClNO5/c1-11(2)26-13-5-6-14-15(10-19(23)27-18(14)9-13)20(24)22-16-8-12(21)4-7-17(16)25-3/h4-11H,1-3H3,(H,22,24). The number of fused-ring (bicyclic) bond motifs is 1. The van der Waals surface area contributed by atoms with Crippen LogP contribution in [0.4, 0.5) is 5.69 Å². The fourth-order valence-corrected chi connectivity index (χ4v) is 2.82. The van der Waals surface area contributed by atoms with Gasteiger partial charge in [0.05, 0.1) is 24.5 Å². The van der Waals surface area contributed by atoms with Crippen LogP contribution in [0.25, 0.3) is 11.0 Å². The Labute approximate surface area is 160 Å². The van der Waals surface area contributed by atoms with E-state index in [1.165, 1.54) is 7.11 Å². The third-order valence-electron chi connectivity index (χ3n) is 3.74. The van der Waals surface area contributed by atoms with Gasteiger partial charge in [-0.3, -0.25) is 4.79 Å². The van der Waals surface area contributed by atoms with Gasteiger partial charge in [0.25, 0.3) is 5.91 Å². The van der Waals surface area contributed by atoms with Crippen LogP contribution in [0, 0.1) is 0 Å². The second-order valence-electron chi connectivity index (χ2n) is 6.10. The van der Waals surface area contributed by atoms with Gasteiger partial charge in [-0.25, -0.2) is 4.79 Å². The molecule has 6 nitrogen and oxygen atoms in total. The first-order valence-electron chi connectivity index (χ1n) is 8.27. The van der Waals surface area contributed by atoms with Crippen LogP contribution in [0.1, 0.15) is 24.2 Å². The molecule has 0 unspecified atom stereocenters. The molecule has 27 heavy (non-hydrogen) atoms. The van der Waals surface area contributed by atoms with Gasteiger partial charge < -0.3 is 19.2 Å². The Morgan fingerprint density at radius 2 is 1.93 bits per heavy atom. The lowest BCUT2D eigenvalue weighted by molar-refractivity contribution is 0.102. The zero-order chi connectivity index (χ0) is 19.6. The monoisotopic (exact) mass is 387 g/mol. The molecule has 1 amide bonds. The normalized spacial score (nSPS) is 10.9. The zero-order valence-electron chi connectivity index (χ0n) is 15.0. The van der Waals surface area contributed by atoms with Crippen molar-refractivity contribution in [3.63, 3.8) is 0 Å². The molecule has 0 saturated carbocycles. The van der Waals surface area contributed by atoms with Crippen molar-refractivity contribution in [1.82, 2.24) is 0 Å². The molecule has 0 fully saturated rings. The van der Waals surface area contributed by atoms with Crippen LogP contribution in [-0.2, 0) is 0 Å². The average molecular weight is 388 g/mol. The number of hydrogen-bond acceptors (Lipinski definition) is 5. The van der Waals surface area contributed by atoms with Crippen molar-refractivity contribution in [2.45, 2.75) is 20.0 Å². The highest BCUT2D eigenvalue weighted by atomic mass is 35.5. The summed E-state index contributed by atoms with van der Waals surface area (Å²) >= 11 is 6.00. The summed E-state index contributed by atoms with van der Waals surface area (Å²) < 4.78 is 16.1. The number of amides is 1. The molecular formula is C20H18ClNO5. The molecule has 0 spiro atoms. The Bertz CT molecular complexity index is 1060. The fourth-order valence-electron chi connectivity index (χ4n) is 2.64. The van der Waals surface area contributed by atoms with E-state index in [1.54, 1.807) is 36.4 Å². The second-order valence-corrected chi connectivity index (χ2v) is 6.54. The Hall–Kier alpha value is -2.99. The number of carbonyl (C=O) groups excluding carboxylic acids is 1. The second kappa shape index (κ2) is 7.72. The van der Waals surface area contributed by atoms with Gasteiger partial charge in [-0.05, 0) is 44.2 Å². The van der Waals surface area contributed by atoms with E-state index < -0.39 is 11.5 Å². The molecular weight excluding hydrogens is 370 g/mol. The summed E-state index contributed by atoms with van der Waals surface area (Å²) in [7, 11) is 1.49. The molecule has 140 valence electrons. The molecule has 0 atom stereocenters. The summed E-state index contributed by atoms with van der Waals surface area (Å²) in [5.74, 6) is 0.522. The number of carbonyl (C=O) groups is 1. The highest BCUT2D eigenvalue weighted by Crippen LogP contribution is 2.29. The molecule has 0 bridgehead atoms. The van der Waals surface area contributed by atoms with Gasteiger partial charge in [0.15, 0.2) is 0 Å². The quantitative estimate of drug-likeness (QED) is 0.652. The molecule has 1 N–H and O–H groups in total. The summed E-state index contributed by atoms with van der Waals surface area (Å²) in [6, 6.07) is 11.0. The van der Waals surface area contributed by atoms with Crippen LogP contribution in [0.15, 0.2) is 51.7 Å². The average Bonchev–Trinajstić information content (AvgIpc) is 2.60. The first kappa shape index (κ1) is 18.8. The van der Waals surface area contributed by atoms with Gasteiger partial charge in [0, 0.05) is 22.5 Å². The molecule has 7 heteroatoms. The Morgan fingerprint density at radius 3 is 2.63 bits per heavy atom. The van der Waals surface area contributed by atoms with Crippen molar-refractivity contribution in [2.75, 3.05) is 12.4 Å². The largest absolute Gasteiger partial charge is 0.495 e. The Kier molecular flexibility index (Phi) is 5.37. The van der Waals surface area contributed by atoms with Gasteiger partial charge in [-0.2, -0.15) is 0 Å². The van der Waals surface area contributed by atoms with Crippen molar-refractivity contribution in [1.29, 1.82) is 0 Å². The smallest absolute Gasteiger partial charge is 0.337 e. The van der Waals surface area contributed by atoms with Gasteiger partial charge >= 0.3 is 5.63 Å². The number of benzene rings is 2. The van der Waals surface area contributed by atoms with Crippen molar-refractivity contribution in [3.05, 3.63) is 63.5 Å². The number of nitrogens with one attached hydrogen (secondary N) is 1. The number of rotatable bonds is 5. The number of anilines is 1. The van der Waals surface area contributed by atoms with E-state index >= 15 is 0 Å². The summed E-state index contributed by atoms with van der Waals surface area (Å²) in [5.41, 5.74) is 0.215. The predicted octanol–water partition coefficient (Wildman–Crippen LogP) is 4.49. The molecule has 0 aliphatic carbocycles. The van der Waals surface area contributed by atoms with Gasteiger partial charge in [0.2, 0.25) is 0 Å². The maximum atomic E-state index is 12.8. The van der Waals surface area contributed by atoms with Crippen LogP contribution in [0.5, 0.6) is 11.5 Å². The minimum atomic E-state index is -0.632. The summed E-state index contributed by atoms with van der Waals surface area (Å²) in [6.45, 7) is 3.78. The van der Waals surface area contributed by atoms with Gasteiger partial charge in [-0.15, -0.1) is 0 Å². The lowest BCUT2D eigenvalue weighted by Crippen LogP contribution is -2.16. The minimum Gasteiger partial charge on any atom is -0.495 e. The first-order chi connectivity index (χ1) is 12.9. The SMILES string of the molecule is COc1ccc(Cl)cc1NC(=O)c1cc(=O)oc2cc(OC(C)C)ccc12. The van der Waals surface area contributed by atoms with Crippen LogP contribution in [0.2, 0.25) is 5.02 Å². The van der Waals surface area contributed by atoms with E-state index in [4.69, 9.17) is 25.5 Å². The maximum Gasteiger partial charge on any atom is 0.337 e. The van der Waals surface area contributed by atoms with E-state index in [-0.39, 0.29) is 17.3 Å². The van der Waals surface area contributed by atoms with Crippen molar-refractivity contribution in [3.8, 4) is 11.5 Å². The summed E-state index contributed by atoms with van der Waals surface area (Å²) in [6.07, 6.45) is -0.0315. The van der Waals surface area contributed by atoms with Crippen molar-refractivity contribution < 1.29 is 18.7 Å². The predicted molar refractivity (Wildman–Crippen MR) is 104 cm³/mol. The Balaban J connectivity index is 2.02. The third kappa shape index (κ3) is 4.23. The number of halogens is 1. The molecule has 3 aromatic rings. The molecule has 0 aliphatic heterocycles. The lowest BCUT2D eigenvalue weighted by atomic mass is 10.1. The number of methoxy groups -OCH3 is 1. The number of ether oxygens (including phenoxy) is 2. The molecule has 1 aromatic heterocycles. The molecule has 0 radical (unpaired) electrons. The van der Waals surface area contributed by atoms with Crippen LogP contribution < -0.4 is 20.4 Å². The van der Waals surface area contributed by atoms with Crippen LogP contribution >= 0.6 is 11.6 Å². The lowest BCUT2D eigenvalue weighted by Gasteiger charge is -2.12. The van der Waals surface area contributed by atoms with E-state index in [2.05, 4.69) is 5.32 Å². The first-order valence-corrected chi connectivity index (χ1v) is 8.64. The van der Waals surface area contributed by atoms with Gasteiger partial charge in [-0.1, -0.05) is 11.6 Å². The van der Waals surface area contributed by atoms with E-state index in [0.717, 1.165) is 6.07 Å². The highest BCUT2D eigenvalue weighted by Gasteiger charge is 2.16.